The lowest BCUT2D eigenvalue weighted by molar-refractivity contribution is 0.126. The highest BCUT2D eigenvalue weighted by Gasteiger charge is 1.95. The Hall–Kier alpha value is -0.120. The first-order valence-corrected chi connectivity index (χ1v) is 2.84. The number of hydrogen-bond acceptors (Lipinski definition) is 3. The van der Waals surface area contributed by atoms with Crippen molar-refractivity contribution >= 4 is 0 Å². The molecule has 1 unspecified atom stereocenters. The molecule has 0 radical (unpaired) electrons. The zero-order valence-corrected chi connectivity index (χ0v) is 5.26. The molecule has 0 saturated heterocycles. The first kappa shape index (κ1) is 7.88. The summed E-state index contributed by atoms with van der Waals surface area (Å²) in [5, 5.41) is 0. The van der Waals surface area contributed by atoms with Gasteiger partial charge in [0.2, 0.25) is 0 Å². The van der Waals surface area contributed by atoms with Gasteiger partial charge in [-0.15, -0.1) is 0 Å². The van der Waals surface area contributed by atoms with Crippen molar-refractivity contribution < 1.29 is 4.74 Å². The Bertz CT molecular complexity index is 49.7. The summed E-state index contributed by atoms with van der Waals surface area (Å²) in [6.07, 6.45) is 0.944. The van der Waals surface area contributed by atoms with E-state index in [0.717, 1.165) is 6.42 Å². The molecule has 0 aliphatic rings. The van der Waals surface area contributed by atoms with Crippen molar-refractivity contribution in [3.63, 3.8) is 0 Å². The molecule has 0 heterocycles. The Balaban J connectivity index is 2.86. The van der Waals surface area contributed by atoms with Crippen LogP contribution in [0, 0.1) is 0 Å². The largest absolute Gasteiger partial charge is 0.365 e. The van der Waals surface area contributed by atoms with E-state index in [0.29, 0.717) is 6.61 Å². The van der Waals surface area contributed by atoms with Crippen molar-refractivity contribution in [3.8, 4) is 0 Å². The van der Waals surface area contributed by atoms with Crippen LogP contribution in [-0.2, 0) is 4.74 Å². The second kappa shape index (κ2) is 5.03. The van der Waals surface area contributed by atoms with Crippen LogP contribution >= 0.6 is 0 Å². The Morgan fingerprint density at radius 2 is 2.25 bits per heavy atom. The number of ether oxygens (including phenoxy) is 1. The molecule has 0 aliphatic heterocycles. The van der Waals surface area contributed by atoms with Gasteiger partial charge in [0, 0.05) is 6.04 Å². The van der Waals surface area contributed by atoms with E-state index in [4.69, 9.17) is 16.2 Å². The van der Waals surface area contributed by atoms with Gasteiger partial charge in [0.05, 0.1) is 13.3 Å². The molecular weight excluding hydrogens is 104 g/mol. The highest BCUT2D eigenvalue weighted by molar-refractivity contribution is 4.54. The average molecular weight is 118 g/mol. The maximum Gasteiger partial charge on any atom is 0.0941 e. The monoisotopic (exact) mass is 118 g/mol. The first-order valence-electron chi connectivity index (χ1n) is 2.84. The van der Waals surface area contributed by atoms with Crippen molar-refractivity contribution in [2.75, 3.05) is 13.3 Å². The van der Waals surface area contributed by atoms with Gasteiger partial charge in [0.15, 0.2) is 0 Å². The van der Waals surface area contributed by atoms with Crippen molar-refractivity contribution in [2.24, 2.45) is 11.5 Å². The number of nitrogens with two attached hydrogens (primary N) is 2. The van der Waals surface area contributed by atoms with Crippen LogP contribution in [-0.4, -0.2) is 19.4 Å². The third kappa shape index (κ3) is 4.05. The third-order valence-corrected chi connectivity index (χ3v) is 0.974. The van der Waals surface area contributed by atoms with Crippen LogP contribution < -0.4 is 11.5 Å². The summed E-state index contributed by atoms with van der Waals surface area (Å²) < 4.78 is 4.84. The van der Waals surface area contributed by atoms with Gasteiger partial charge in [-0.05, 0) is 6.42 Å². The molecule has 0 aromatic rings. The molecular formula is C5H14N2O. The fraction of sp³-hybridized carbons (Fsp3) is 1.00. The smallest absolute Gasteiger partial charge is 0.0941 e. The fourth-order valence-electron chi connectivity index (χ4n) is 0.337. The lowest BCUT2D eigenvalue weighted by Gasteiger charge is -2.06. The van der Waals surface area contributed by atoms with Crippen molar-refractivity contribution in [2.45, 2.75) is 19.4 Å². The molecule has 0 fully saturated rings. The van der Waals surface area contributed by atoms with Crippen LogP contribution in [0.1, 0.15) is 13.3 Å². The summed E-state index contributed by atoms with van der Waals surface area (Å²) in [4.78, 5) is 0. The molecule has 1 atom stereocenters. The fourth-order valence-corrected chi connectivity index (χ4v) is 0.337. The molecule has 0 amide bonds. The SMILES string of the molecule is CCC(N)COCN. The van der Waals surface area contributed by atoms with E-state index in [-0.39, 0.29) is 12.8 Å². The standard InChI is InChI=1S/C5H14N2O/c1-2-5(7)3-8-4-6/h5H,2-4,6-7H2,1H3. The van der Waals surface area contributed by atoms with E-state index in [1.807, 2.05) is 6.92 Å². The van der Waals surface area contributed by atoms with Crippen LogP contribution in [0.25, 0.3) is 0 Å². The van der Waals surface area contributed by atoms with Gasteiger partial charge in [-0.2, -0.15) is 0 Å². The first-order chi connectivity index (χ1) is 3.81. The van der Waals surface area contributed by atoms with E-state index in [2.05, 4.69) is 0 Å². The Morgan fingerprint density at radius 1 is 1.62 bits per heavy atom. The highest BCUT2D eigenvalue weighted by Crippen LogP contribution is 1.84. The second-order valence-electron chi connectivity index (χ2n) is 1.71. The molecule has 8 heavy (non-hydrogen) atoms. The lowest BCUT2D eigenvalue weighted by Crippen LogP contribution is -2.26. The average Bonchev–Trinajstić information content (AvgIpc) is 1.83. The van der Waals surface area contributed by atoms with Crippen LogP contribution in [0.5, 0.6) is 0 Å². The molecule has 3 heteroatoms. The quantitative estimate of drug-likeness (QED) is 0.496. The third-order valence-electron chi connectivity index (χ3n) is 0.974. The van der Waals surface area contributed by atoms with Crippen LogP contribution in [0.4, 0.5) is 0 Å². The lowest BCUT2D eigenvalue weighted by atomic mass is 10.3. The molecule has 0 spiro atoms. The van der Waals surface area contributed by atoms with Gasteiger partial charge in [-0.1, -0.05) is 6.92 Å². The van der Waals surface area contributed by atoms with Crippen LogP contribution in [0.2, 0.25) is 0 Å². The zero-order chi connectivity index (χ0) is 6.41. The van der Waals surface area contributed by atoms with Crippen molar-refractivity contribution in [1.82, 2.24) is 0 Å². The molecule has 0 aromatic heterocycles. The Labute approximate surface area is 50.0 Å². The van der Waals surface area contributed by atoms with Crippen LogP contribution in [0.3, 0.4) is 0 Å². The van der Waals surface area contributed by atoms with Crippen molar-refractivity contribution in [3.05, 3.63) is 0 Å². The number of hydrogen-bond donors (Lipinski definition) is 2. The summed E-state index contributed by atoms with van der Waals surface area (Å²) in [5.74, 6) is 0. The maximum absolute atomic E-state index is 5.48. The van der Waals surface area contributed by atoms with Crippen LogP contribution in [0.15, 0.2) is 0 Å². The summed E-state index contributed by atoms with van der Waals surface area (Å²) in [6.45, 7) is 2.87. The molecule has 0 aromatic carbocycles. The molecule has 4 N–H and O–H groups in total. The summed E-state index contributed by atoms with van der Waals surface area (Å²) >= 11 is 0. The minimum atomic E-state index is 0.151. The molecule has 0 saturated carbocycles. The highest BCUT2D eigenvalue weighted by atomic mass is 16.5. The predicted octanol–water partition coefficient (Wildman–Crippen LogP) is -0.343. The summed E-state index contributed by atoms with van der Waals surface area (Å²) in [7, 11) is 0. The van der Waals surface area contributed by atoms with E-state index in [9.17, 15) is 0 Å². The minimum Gasteiger partial charge on any atom is -0.365 e. The molecule has 3 nitrogen and oxygen atoms in total. The summed E-state index contributed by atoms with van der Waals surface area (Å²) in [5.41, 5.74) is 10.5. The van der Waals surface area contributed by atoms with E-state index in [1.54, 1.807) is 0 Å². The predicted molar refractivity (Wildman–Crippen MR) is 33.3 cm³/mol. The van der Waals surface area contributed by atoms with E-state index in [1.165, 1.54) is 0 Å². The van der Waals surface area contributed by atoms with Crippen molar-refractivity contribution in [1.29, 1.82) is 0 Å². The maximum atomic E-state index is 5.48. The Morgan fingerprint density at radius 3 is 2.62 bits per heavy atom. The minimum absolute atomic E-state index is 0.151. The summed E-state index contributed by atoms with van der Waals surface area (Å²) in [6, 6.07) is 0.151. The van der Waals surface area contributed by atoms with Gasteiger partial charge in [-0.3, -0.25) is 0 Å². The van der Waals surface area contributed by atoms with E-state index < -0.39 is 0 Å². The Kier molecular flexibility index (Phi) is 4.95. The molecule has 50 valence electrons. The topological polar surface area (TPSA) is 61.3 Å². The van der Waals surface area contributed by atoms with Gasteiger partial charge in [0.25, 0.3) is 0 Å². The molecule has 0 rings (SSSR count). The number of rotatable bonds is 4. The molecule has 0 bridgehead atoms. The van der Waals surface area contributed by atoms with Gasteiger partial charge in [0.1, 0.15) is 0 Å². The molecule has 0 aliphatic carbocycles. The normalized spacial score (nSPS) is 13.9. The van der Waals surface area contributed by atoms with Gasteiger partial charge in [-0.25, -0.2) is 0 Å². The van der Waals surface area contributed by atoms with Gasteiger partial charge >= 0.3 is 0 Å². The van der Waals surface area contributed by atoms with Gasteiger partial charge < -0.3 is 16.2 Å². The zero-order valence-electron chi connectivity index (χ0n) is 5.26. The second-order valence-corrected chi connectivity index (χ2v) is 1.71. The van der Waals surface area contributed by atoms with E-state index >= 15 is 0 Å².